The molecule has 0 aliphatic carbocycles. The van der Waals surface area contributed by atoms with E-state index in [1.165, 1.54) is 51.4 Å². The number of unbranched alkanes of at least 4 members (excludes halogenated alkanes) is 8. The van der Waals surface area contributed by atoms with Crippen LogP contribution in [-0.2, 0) is 0 Å². The van der Waals surface area contributed by atoms with E-state index in [-0.39, 0.29) is 0 Å². The van der Waals surface area contributed by atoms with E-state index in [9.17, 15) is 10.2 Å². The zero-order chi connectivity index (χ0) is 14.3. The maximum Gasteiger partial charge on any atom is 0.106 e. The van der Waals surface area contributed by atoms with Crippen molar-refractivity contribution in [2.24, 2.45) is 0 Å². The molecule has 19 heavy (non-hydrogen) atoms. The summed E-state index contributed by atoms with van der Waals surface area (Å²) in [5.41, 5.74) is 0. The lowest BCUT2D eigenvalue weighted by atomic mass is 10.1. The zero-order valence-corrected chi connectivity index (χ0v) is 13.0. The summed E-state index contributed by atoms with van der Waals surface area (Å²) in [5.74, 6) is 0. The first-order valence-corrected chi connectivity index (χ1v) is 8.32. The Morgan fingerprint density at radius 2 is 1.11 bits per heavy atom. The minimum absolute atomic E-state index is 0.550. The molecule has 0 aliphatic rings. The van der Waals surface area contributed by atoms with Crippen molar-refractivity contribution in [1.29, 1.82) is 0 Å². The highest BCUT2D eigenvalue weighted by Gasteiger charge is 2.08. The molecular formula is C16H35NO2. The van der Waals surface area contributed by atoms with Gasteiger partial charge in [-0.25, -0.2) is 0 Å². The molecule has 0 rings (SSSR count). The summed E-state index contributed by atoms with van der Waals surface area (Å²) >= 11 is 0. The van der Waals surface area contributed by atoms with Gasteiger partial charge in [0.2, 0.25) is 0 Å². The normalized spacial score (nSPS) is 14.5. The second-order valence-electron chi connectivity index (χ2n) is 5.60. The number of hydrogen-bond donors (Lipinski definition) is 3. The van der Waals surface area contributed by atoms with Crippen LogP contribution in [0.2, 0.25) is 0 Å². The second-order valence-corrected chi connectivity index (χ2v) is 5.60. The first-order valence-electron chi connectivity index (χ1n) is 8.32. The highest BCUT2D eigenvalue weighted by molar-refractivity contribution is 4.58. The van der Waals surface area contributed by atoms with Crippen LogP contribution in [0.1, 0.15) is 90.9 Å². The Labute approximate surface area is 119 Å². The van der Waals surface area contributed by atoms with Crippen LogP contribution in [0.3, 0.4) is 0 Å². The number of nitrogens with one attached hydrogen (secondary N) is 1. The van der Waals surface area contributed by atoms with Crippen molar-refractivity contribution in [2.45, 2.75) is 103 Å². The van der Waals surface area contributed by atoms with E-state index >= 15 is 0 Å². The molecule has 0 saturated carbocycles. The first kappa shape index (κ1) is 18.9. The summed E-state index contributed by atoms with van der Waals surface area (Å²) in [6, 6.07) is 0. The van der Waals surface area contributed by atoms with Crippen LogP contribution in [0, 0.1) is 0 Å². The van der Waals surface area contributed by atoms with Crippen LogP contribution >= 0.6 is 0 Å². The van der Waals surface area contributed by atoms with Gasteiger partial charge in [-0.05, 0) is 19.3 Å². The maximum absolute atomic E-state index is 9.67. The minimum Gasteiger partial charge on any atom is -0.379 e. The minimum atomic E-state index is -0.557. The van der Waals surface area contributed by atoms with Crippen LogP contribution in [-0.4, -0.2) is 22.7 Å². The molecule has 116 valence electrons. The number of aliphatic hydroxyl groups is 2. The van der Waals surface area contributed by atoms with E-state index in [0.717, 1.165) is 19.3 Å². The van der Waals surface area contributed by atoms with E-state index < -0.39 is 12.5 Å². The van der Waals surface area contributed by atoms with Crippen LogP contribution in [0.5, 0.6) is 0 Å². The van der Waals surface area contributed by atoms with Crippen molar-refractivity contribution in [2.75, 3.05) is 0 Å². The Kier molecular flexibility index (Phi) is 14.2. The Morgan fingerprint density at radius 1 is 0.632 bits per heavy atom. The van der Waals surface area contributed by atoms with Gasteiger partial charge in [0.15, 0.2) is 0 Å². The smallest absolute Gasteiger partial charge is 0.106 e. The average Bonchev–Trinajstić information content (AvgIpc) is 2.37. The van der Waals surface area contributed by atoms with Gasteiger partial charge in [0.1, 0.15) is 12.5 Å². The summed E-state index contributed by atoms with van der Waals surface area (Å²) < 4.78 is 0. The molecule has 2 unspecified atom stereocenters. The molecule has 0 amide bonds. The number of hydrogen-bond acceptors (Lipinski definition) is 3. The van der Waals surface area contributed by atoms with Gasteiger partial charge in [-0.1, -0.05) is 71.6 Å². The molecule has 0 aromatic heterocycles. The third-order valence-corrected chi connectivity index (χ3v) is 3.53. The van der Waals surface area contributed by atoms with Gasteiger partial charge in [-0.15, -0.1) is 0 Å². The largest absolute Gasteiger partial charge is 0.379 e. The molecule has 3 heteroatoms. The van der Waals surface area contributed by atoms with E-state index in [2.05, 4.69) is 12.2 Å². The molecule has 0 spiro atoms. The fourth-order valence-corrected chi connectivity index (χ4v) is 2.31. The SMILES string of the molecule is CCCCCCCCCCCC(O)NC(O)CCC. The fourth-order valence-electron chi connectivity index (χ4n) is 2.31. The number of aliphatic hydroxyl groups excluding tert-OH is 2. The maximum atomic E-state index is 9.67. The third kappa shape index (κ3) is 14.1. The molecular weight excluding hydrogens is 238 g/mol. The standard InChI is InChI=1S/C16H35NO2/c1-3-5-6-7-8-9-10-11-12-14-16(19)17-15(18)13-4-2/h15-19H,3-14H2,1-2H3. The molecule has 3 N–H and O–H groups in total. The van der Waals surface area contributed by atoms with Crippen LogP contribution < -0.4 is 5.32 Å². The summed E-state index contributed by atoms with van der Waals surface area (Å²) in [5, 5.41) is 22.0. The molecule has 0 bridgehead atoms. The summed E-state index contributed by atoms with van der Waals surface area (Å²) in [6.45, 7) is 4.27. The number of rotatable bonds is 14. The van der Waals surface area contributed by atoms with Crippen LogP contribution in [0.25, 0.3) is 0 Å². The Hall–Kier alpha value is -0.120. The lowest BCUT2D eigenvalue weighted by Gasteiger charge is -2.17. The van der Waals surface area contributed by atoms with Gasteiger partial charge in [-0.3, -0.25) is 5.32 Å². The van der Waals surface area contributed by atoms with Gasteiger partial charge in [0.05, 0.1) is 0 Å². The van der Waals surface area contributed by atoms with Gasteiger partial charge < -0.3 is 10.2 Å². The highest BCUT2D eigenvalue weighted by Crippen LogP contribution is 2.11. The van der Waals surface area contributed by atoms with E-state index in [4.69, 9.17) is 0 Å². The van der Waals surface area contributed by atoms with Gasteiger partial charge in [0.25, 0.3) is 0 Å². The van der Waals surface area contributed by atoms with Crippen molar-refractivity contribution in [3.63, 3.8) is 0 Å². The Balaban J connectivity index is 3.20. The van der Waals surface area contributed by atoms with Crippen molar-refractivity contribution in [3.8, 4) is 0 Å². The molecule has 0 aliphatic heterocycles. The van der Waals surface area contributed by atoms with Gasteiger partial charge >= 0.3 is 0 Å². The predicted octanol–water partition coefficient (Wildman–Crippen LogP) is 3.93. The Bertz CT molecular complexity index is 176. The molecule has 0 radical (unpaired) electrons. The lowest BCUT2D eigenvalue weighted by Crippen LogP contribution is -2.37. The van der Waals surface area contributed by atoms with Crippen molar-refractivity contribution < 1.29 is 10.2 Å². The van der Waals surface area contributed by atoms with Gasteiger partial charge in [-0.2, -0.15) is 0 Å². The van der Waals surface area contributed by atoms with Crippen molar-refractivity contribution in [1.82, 2.24) is 5.32 Å². The lowest BCUT2D eigenvalue weighted by molar-refractivity contribution is 0.0320. The summed E-state index contributed by atoms with van der Waals surface area (Å²) in [6.07, 6.45) is 12.9. The molecule has 0 heterocycles. The topological polar surface area (TPSA) is 52.5 Å². The fraction of sp³-hybridized carbons (Fsp3) is 1.00. The molecule has 0 fully saturated rings. The average molecular weight is 273 g/mol. The van der Waals surface area contributed by atoms with Crippen LogP contribution in [0.4, 0.5) is 0 Å². The highest BCUT2D eigenvalue weighted by atomic mass is 16.3. The Morgan fingerprint density at radius 3 is 1.63 bits per heavy atom. The molecule has 3 nitrogen and oxygen atoms in total. The molecule has 0 aromatic rings. The summed E-state index contributed by atoms with van der Waals surface area (Å²) in [4.78, 5) is 0. The predicted molar refractivity (Wildman–Crippen MR) is 81.9 cm³/mol. The van der Waals surface area contributed by atoms with Gasteiger partial charge in [0, 0.05) is 0 Å². The van der Waals surface area contributed by atoms with Crippen LogP contribution in [0.15, 0.2) is 0 Å². The van der Waals surface area contributed by atoms with E-state index in [0.29, 0.717) is 6.42 Å². The third-order valence-electron chi connectivity index (χ3n) is 3.53. The molecule has 0 aromatic carbocycles. The monoisotopic (exact) mass is 273 g/mol. The van der Waals surface area contributed by atoms with Crippen molar-refractivity contribution in [3.05, 3.63) is 0 Å². The quantitative estimate of drug-likeness (QED) is 0.332. The van der Waals surface area contributed by atoms with Crippen molar-refractivity contribution >= 4 is 0 Å². The molecule has 0 saturated heterocycles. The second kappa shape index (κ2) is 14.3. The van der Waals surface area contributed by atoms with E-state index in [1.54, 1.807) is 0 Å². The molecule has 2 atom stereocenters. The summed E-state index contributed by atoms with van der Waals surface area (Å²) in [7, 11) is 0. The first-order chi connectivity index (χ1) is 9.20. The van der Waals surface area contributed by atoms with E-state index in [1.807, 2.05) is 6.92 Å². The zero-order valence-electron chi connectivity index (χ0n) is 13.0.